The normalized spacial score (nSPS) is 11.0. The number of nitrogens with one attached hydrogen (secondary N) is 2. The van der Waals surface area contributed by atoms with Crippen LogP contribution in [0.25, 0.3) is 5.78 Å². The van der Waals surface area contributed by atoms with E-state index in [-0.39, 0.29) is 23.0 Å². The van der Waals surface area contributed by atoms with Gasteiger partial charge in [0.1, 0.15) is 5.69 Å². The van der Waals surface area contributed by atoms with Gasteiger partial charge in [-0.1, -0.05) is 66.7 Å². The van der Waals surface area contributed by atoms with E-state index in [0.29, 0.717) is 17.3 Å². The highest BCUT2D eigenvalue weighted by Crippen LogP contribution is 2.18. The fraction of sp³-hybridized carbons (Fsp3) is 0.227. The van der Waals surface area contributed by atoms with Gasteiger partial charge in [-0.15, -0.1) is 10.2 Å². The van der Waals surface area contributed by atoms with Crippen LogP contribution in [0.1, 0.15) is 29.3 Å². The SMILES string of the molecule is CCc1ccccc1NC(=O)CSc1nnc2[nH]c(=O)c(Cc3ccc(C)cc3)nn12. The lowest BCUT2D eigenvalue weighted by atomic mass is 10.1. The molecule has 1 amide bonds. The van der Waals surface area contributed by atoms with E-state index in [2.05, 4.69) is 25.6 Å². The fourth-order valence-electron chi connectivity index (χ4n) is 3.15. The quantitative estimate of drug-likeness (QED) is 0.433. The zero-order valence-corrected chi connectivity index (χ0v) is 18.1. The average Bonchev–Trinajstić information content (AvgIpc) is 3.16. The molecule has 0 spiro atoms. The van der Waals surface area contributed by atoms with Gasteiger partial charge < -0.3 is 5.32 Å². The average molecular weight is 435 g/mol. The van der Waals surface area contributed by atoms with Crippen molar-refractivity contribution in [3.8, 4) is 0 Å². The number of H-pyrrole nitrogens is 1. The number of thioether (sulfide) groups is 1. The van der Waals surface area contributed by atoms with Crippen LogP contribution in [0, 0.1) is 6.92 Å². The monoisotopic (exact) mass is 434 g/mol. The van der Waals surface area contributed by atoms with Gasteiger partial charge in [0.2, 0.25) is 11.1 Å². The lowest BCUT2D eigenvalue weighted by Crippen LogP contribution is -2.19. The summed E-state index contributed by atoms with van der Waals surface area (Å²) in [5.74, 6) is 0.247. The summed E-state index contributed by atoms with van der Waals surface area (Å²) in [6.07, 6.45) is 1.22. The number of carbonyl (C=O) groups excluding carboxylic acids is 1. The van der Waals surface area contributed by atoms with Crippen LogP contribution in [-0.2, 0) is 17.6 Å². The number of para-hydroxylation sites is 1. The maximum absolute atomic E-state index is 12.4. The van der Waals surface area contributed by atoms with Crippen molar-refractivity contribution in [2.75, 3.05) is 11.1 Å². The Morgan fingerprint density at radius 2 is 1.90 bits per heavy atom. The third-order valence-electron chi connectivity index (χ3n) is 4.82. The topological polar surface area (TPSA) is 105 Å². The molecule has 158 valence electrons. The summed E-state index contributed by atoms with van der Waals surface area (Å²) in [7, 11) is 0. The Balaban J connectivity index is 1.49. The van der Waals surface area contributed by atoms with Gasteiger partial charge in [0, 0.05) is 12.1 Å². The van der Waals surface area contributed by atoms with Crippen molar-refractivity contribution in [1.82, 2.24) is 24.8 Å². The summed E-state index contributed by atoms with van der Waals surface area (Å²) >= 11 is 1.21. The summed E-state index contributed by atoms with van der Waals surface area (Å²) in [5.41, 5.74) is 4.08. The van der Waals surface area contributed by atoms with Crippen LogP contribution in [0.15, 0.2) is 58.5 Å². The first-order valence-corrected chi connectivity index (χ1v) is 10.9. The van der Waals surface area contributed by atoms with Crippen LogP contribution in [0.2, 0.25) is 0 Å². The molecule has 0 aliphatic rings. The second kappa shape index (κ2) is 9.13. The van der Waals surface area contributed by atoms with E-state index in [9.17, 15) is 9.59 Å². The van der Waals surface area contributed by atoms with Crippen molar-refractivity contribution in [3.63, 3.8) is 0 Å². The Kier molecular flexibility index (Phi) is 6.13. The van der Waals surface area contributed by atoms with Crippen molar-refractivity contribution in [3.05, 3.63) is 81.3 Å². The summed E-state index contributed by atoms with van der Waals surface area (Å²) < 4.78 is 1.48. The molecule has 0 aliphatic carbocycles. The number of hydrogen-bond acceptors (Lipinski definition) is 6. The molecule has 2 aromatic carbocycles. The number of anilines is 1. The molecule has 2 aromatic heterocycles. The van der Waals surface area contributed by atoms with Crippen LogP contribution in [0.3, 0.4) is 0 Å². The lowest BCUT2D eigenvalue weighted by Gasteiger charge is -2.09. The number of carbonyl (C=O) groups is 1. The summed E-state index contributed by atoms with van der Waals surface area (Å²) in [6, 6.07) is 15.7. The molecule has 4 rings (SSSR count). The van der Waals surface area contributed by atoms with Crippen LogP contribution in [-0.4, -0.2) is 36.5 Å². The number of aromatic amines is 1. The van der Waals surface area contributed by atoms with Gasteiger partial charge in [-0.2, -0.15) is 9.61 Å². The third-order valence-corrected chi connectivity index (χ3v) is 5.74. The Labute approximate surface area is 183 Å². The lowest BCUT2D eigenvalue weighted by molar-refractivity contribution is -0.113. The maximum Gasteiger partial charge on any atom is 0.274 e. The van der Waals surface area contributed by atoms with Gasteiger partial charge in [-0.05, 0) is 30.5 Å². The molecular weight excluding hydrogens is 412 g/mol. The molecule has 0 saturated carbocycles. The predicted octanol–water partition coefficient (Wildman–Crippen LogP) is 3.01. The van der Waals surface area contributed by atoms with Gasteiger partial charge in [0.05, 0.1) is 5.75 Å². The Morgan fingerprint density at radius 3 is 2.68 bits per heavy atom. The summed E-state index contributed by atoms with van der Waals surface area (Å²) in [6.45, 7) is 4.06. The molecule has 0 bridgehead atoms. The van der Waals surface area contributed by atoms with E-state index in [1.807, 2.05) is 62.4 Å². The number of rotatable bonds is 7. The zero-order chi connectivity index (χ0) is 21.8. The van der Waals surface area contributed by atoms with Crippen molar-refractivity contribution in [1.29, 1.82) is 0 Å². The van der Waals surface area contributed by atoms with Gasteiger partial charge in [0.15, 0.2) is 0 Å². The number of hydrogen-bond donors (Lipinski definition) is 2. The molecule has 2 N–H and O–H groups in total. The molecule has 9 heteroatoms. The number of nitrogens with zero attached hydrogens (tertiary/aromatic N) is 4. The van der Waals surface area contributed by atoms with Gasteiger partial charge in [-0.3, -0.25) is 14.6 Å². The van der Waals surface area contributed by atoms with Gasteiger partial charge in [-0.25, -0.2) is 0 Å². The van der Waals surface area contributed by atoms with Crippen molar-refractivity contribution in [2.45, 2.75) is 31.8 Å². The van der Waals surface area contributed by atoms with E-state index in [1.165, 1.54) is 16.3 Å². The van der Waals surface area contributed by atoms with Gasteiger partial charge in [0.25, 0.3) is 11.3 Å². The fourth-order valence-corrected chi connectivity index (χ4v) is 3.83. The number of aryl methyl sites for hydroxylation is 2. The van der Waals surface area contributed by atoms with Crippen LogP contribution in [0.5, 0.6) is 0 Å². The number of fused-ring (bicyclic) bond motifs is 1. The molecule has 0 atom stereocenters. The summed E-state index contributed by atoms with van der Waals surface area (Å²) in [5, 5.41) is 15.9. The minimum Gasteiger partial charge on any atom is -0.325 e. The molecule has 4 aromatic rings. The first kappa shape index (κ1) is 20.8. The molecule has 0 saturated heterocycles. The first-order chi connectivity index (χ1) is 15.0. The second-order valence-electron chi connectivity index (χ2n) is 7.13. The van der Waals surface area contributed by atoms with Gasteiger partial charge >= 0.3 is 0 Å². The van der Waals surface area contributed by atoms with Crippen molar-refractivity contribution in [2.24, 2.45) is 0 Å². The Hall–Kier alpha value is -3.46. The van der Waals surface area contributed by atoms with E-state index in [0.717, 1.165) is 28.8 Å². The largest absolute Gasteiger partial charge is 0.325 e. The molecule has 0 unspecified atom stereocenters. The van der Waals surface area contributed by atoms with Crippen LogP contribution >= 0.6 is 11.8 Å². The standard InChI is InChI=1S/C22H22N6O2S/c1-3-16-6-4-5-7-17(16)23-19(29)13-31-22-26-25-21-24-20(30)18(27-28(21)22)12-15-10-8-14(2)9-11-15/h4-11H,3,12-13H2,1-2H3,(H,23,29)(H,24,25,30). The smallest absolute Gasteiger partial charge is 0.274 e. The Bertz CT molecular complexity index is 1280. The summed E-state index contributed by atoms with van der Waals surface area (Å²) in [4.78, 5) is 27.5. The molecule has 0 aliphatic heterocycles. The number of amides is 1. The first-order valence-electron chi connectivity index (χ1n) is 9.94. The highest BCUT2D eigenvalue weighted by atomic mass is 32.2. The zero-order valence-electron chi connectivity index (χ0n) is 17.3. The van der Waals surface area contributed by atoms with E-state index < -0.39 is 0 Å². The molecule has 0 fully saturated rings. The van der Waals surface area contributed by atoms with Crippen molar-refractivity contribution < 1.29 is 4.79 Å². The number of benzene rings is 2. The molecule has 0 radical (unpaired) electrons. The van der Waals surface area contributed by atoms with E-state index in [4.69, 9.17) is 0 Å². The van der Waals surface area contributed by atoms with Crippen LogP contribution in [0.4, 0.5) is 5.69 Å². The van der Waals surface area contributed by atoms with E-state index in [1.54, 1.807) is 0 Å². The highest BCUT2D eigenvalue weighted by molar-refractivity contribution is 7.99. The predicted molar refractivity (Wildman–Crippen MR) is 121 cm³/mol. The molecule has 31 heavy (non-hydrogen) atoms. The molecule has 2 heterocycles. The minimum absolute atomic E-state index is 0.146. The maximum atomic E-state index is 12.4. The van der Waals surface area contributed by atoms with E-state index >= 15 is 0 Å². The number of aromatic nitrogens is 5. The second-order valence-corrected chi connectivity index (χ2v) is 8.07. The molecular formula is C22H22N6O2S. The third kappa shape index (κ3) is 4.83. The minimum atomic E-state index is -0.300. The highest BCUT2D eigenvalue weighted by Gasteiger charge is 2.14. The van der Waals surface area contributed by atoms with Crippen molar-refractivity contribution >= 4 is 29.1 Å². The van der Waals surface area contributed by atoms with Crippen LogP contribution < -0.4 is 10.9 Å². The molecule has 8 nitrogen and oxygen atoms in total. The Morgan fingerprint density at radius 1 is 1.13 bits per heavy atom.